The summed E-state index contributed by atoms with van der Waals surface area (Å²) >= 11 is 6.26. The van der Waals surface area contributed by atoms with Crippen molar-refractivity contribution in [2.75, 3.05) is 0 Å². The Hall–Kier alpha value is -0.880. The molecular weight excluding hydrogens is 249 g/mol. The number of alkyl halides is 4. The highest BCUT2D eigenvalue weighted by Gasteiger charge is 2.34. The molecule has 0 aliphatic heterocycles. The van der Waals surface area contributed by atoms with E-state index in [0.717, 1.165) is 17.8 Å². The fraction of sp³-hybridized carbons (Fsp3) is 0.250. The molecule has 0 atom stereocenters. The van der Waals surface area contributed by atoms with E-state index < -0.39 is 11.7 Å². The van der Waals surface area contributed by atoms with Crippen molar-refractivity contribution in [3.05, 3.63) is 23.3 Å². The Morgan fingerprint density at radius 3 is 2.60 bits per heavy atom. The topological polar surface area (TPSA) is 25.8 Å². The number of hydrogen-bond donors (Lipinski definition) is 0. The number of hydrogen-bond acceptors (Lipinski definition) is 3. The van der Waals surface area contributed by atoms with Gasteiger partial charge in [0.05, 0.1) is 17.3 Å². The summed E-state index contributed by atoms with van der Waals surface area (Å²) in [6, 6.07) is 2.53. The van der Waals surface area contributed by atoms with Crippen molar-refractivity contribution in [3.8, 4) is 0 Å². The second-order valence-electron chi connectivity index (χ2n) is 2.91. The van der Waals surface area contributed by atoms with Crippen molar-refractivity contribution in [2.45, 2.75) is 12.1 Å². The quantitative estimate of drug-likeness (QED) is 0.727. The Morgan fingerprint density at radius 2 is 2.00 bits per heavy atom. The van der Waals surface area contributed by atoms with Gasteiger partial charge in [-0.3, -0.25) is 0 Å². The number of aromatic nitrogens is 2. The van der Waals surface area contributed by atoms with Gasteiger partial charge in [-0.15, -0.1) is 11.6 Å². The molecule has 0 amide bonds. The third kappa shape index (κ3) is 1.91. The Balaban J connectivity index is 2.74. The average molecular weight is 253 g/mol. The van der Waals surface area contributed by atoms with E-state index in [0.29, 0.717) is 5.56 Å². The van der Waals surface area contributed by atoms with Gasteiger partial charge in [0.15, 0.2) is 0 Å². The zero-order valence-electron chi connectivity index (χ0n) is 7.18. The van der Waals surface area contributed by atoms with Crippen LogP contribution in [0.25, 0.3) is 11.0 Å². The third-order valence-electron chi connectivity index (χ3n) is 1.88. The number of benzene rings is 1. The third-order valence-corrected chi connectivity index (χ3v) is 2.73. The van der Waals surface area contributed by atoms with Crippen LogP contribution in [0.3, 0.4) is 0 Å². The summed E-state index contributed by atoms with van der Waals surface area (Å²) in [7, 11) is 0. The molecule has 0 unspecified atom stereocenters. The fourth-order valence-electron chi connectivity index (χ4n) is 1.24. The summed E-state index contributed by atoms with van der Waals surface area (Å²) in [6.07, 6.45) is -4.42. The van der Waals surface area contributed by atoms with Crippen molar-refractivity contribution in [1.29, 1.82) is 0 Å². The maximum atomic E-state index is 12.6. The van der Waals surface area contributed by atoms with Crippen LogP contribution in [-0.2, 0) is 12.1 Å². The van der Waals surface area contributed by atoms with Crippen LogP contribution in [0.1, 0.15) is 11.1 Å². The van der Waals surface area contributed by atoms with Crippen LogP contribution in [0.15, 0.2) is 12.1 Å². The lowest BCUT2D eigenvalue weighted by atomic mass is 10.1. The Morgan fingerprint density at radius 1 is 1.27 bits per heavy atom. The van der Waals surface area contributed by atoms with Gasteiger partial charge in [0, 0.05) is 5.88 Å². The van der Waals surface area contributed by atoms with Crippen LogP contribution in [0, 0.1) is 0 Å². The molecule has 1 aromatic heterocycles. The molecule has 0 N–H and O–H groups in total. The molecule has 0 aliphatic rings. The lowest BCUT2D eigenvalue weighted by molar-refractivity contribution is -0.136. The molecular formula is C8H4ClF3N2S. The minimum absolute atomic E-state index is 0.0244. The Labute approximate surface area is 92.0 Å². The summed E-state index contributed by atoms with van der Waals surface area (Å²) < 4.78 is 45.2. The molecule has 7 heteroatoms. The second-order valence-corrected chi connectivity index (χ2v) is 3.70. The minimum atomic E-state index is -4.42. The Bertz CT molecular complexity index is 494. The maximum Gasteiger partial charge on any atom is 0.418 e. The average Bonchev–Trinajstić information content (AvgIpc) is 2.61. The van der Waals surface area contributed by atoms with Gasteiger partial charge in [-0.25, -0.2) is 0 Å². The van der Waals surface area contributed by atoms with Crippen molar-refractivity contribution in [2.24, 2.45) is 0 Å². The van der Waals surface area contributed by atoms with Crippen LogP contribution in [0.2, 0.25) is 0 Å². The first-order valence-electron chi connectivity index (χ1n) is 3.90. The van der Waals surface area contributed by atoms with E-state index in [1.54, 1.807) is 0 Å². The highest BCUT2D eigenvalue weighted by atomic mass is 35.5. The molecule has 0 saturated heterocycles. The molecule has 0 fully saturated rings. The first-order valence-corrected chi connectivity index (χ1v) is 5.17. The van der Waals surface area contributed by atoms with Gasteiger partial charge in [0.2, 0.25) is 0 Å². The van der Waals surface area contributed by atoms with Crippen LogP contribution in [0.5, 0.6) is 0 Å². The van der Waals surface area contributed by atoms with Crippen LogP contribution < -0.4 is 0 Å². The van der Waals surface area contributed by atoms with E-state index in [9.17, 15) is 13.2 Å². The lowest BCUT2D eigenvalue weighted by Crippen LogP contribution is -2.06. The van der Waals surface area contributed by atoms with Gasteiger partial charge in [0.1, 0.15) is 11.0 Å². The van der Waals surface area contributed by atoms with Crippen LogP contribution >= 0.6 is 23.3 Å². The molecule has 1 heterocycles. The second kappa shape index (κ2) is 3.61. The van der Waals surface area contributed by atoms with E-state index in [1.807, 2.05) is 0 Å². The first kappa shape index (κ1) is 10.6. The zero-order chi connectivity index (χ0) is 11.1. The smallest absolute Gasteiger partial charge is 0.173 e. The van der Waals surface area contributed by atoms with E-state index in [-0.39, 0.29) is 16.9 Å². The largest absolute Gasteiger partial charge is 0.418 e. The van der Waals surface area contributed by atoms with Crippen LogP contribution in [-0.4, -0.2) is 8.75 Å². The van der Waals surface area contributed by atoms with E-state index in [4.69, 9.17) is 11.6 Å². The number of fused-ring (bicyclic) bond motifs is 1. The molecule has 0 spiro atoms. The van der Waals surface area contributed by atoms with E-state index in [2.05, 4.69) is 8.75 Å². The zero-order valence-corrected chi connectivity index (χ0v) is 8.75. The number of nitrogens with zero attached hydrogens (tertiary/aromatic N) is 2. The SMILES string of the molecule is FC(F)(F)c1cc(CCl)cc2nsnc12. The van der Waals surface area contributed by atoms with Crippen LogP contribution in [0.4, 0.5) is 13.2 Å². The molecule has 0 radical (unpaired) electrons. The van der Waals surface area contributed by atoms with E-state index >= 15 is 0 Å². The highest BCUT2D eigenvalue weighted by Crippen LogP contribution is 2.35. The molecule has 80 valence electrons. The highest BCUT2D eigenvalue weighted by molar-refractivity contribution is 7.00. The van der Waals surface area contributed by atoms with Crippen molar-refractivity contribution in [3.63, 3.8) is 0 Å². The predicted molar refractivity (Wildman–Crippen MR) is 52.0 cm³/mol. The summed E-state index contributed by atoms with van der Waals surface area (Å²) in [5.41, 5.74) is -0.250. The molecule has 2 nitrogen and oxygen atoms in total. The monoisotopic (exact) mass is 252 g/mol. The van der Waals surface area contributed by atoms with Gasteiger partial charge in [0.25, 0.3) is 0 Å². The van der Waals surface area contributed by atoms with Gasteiger partial charge >= 0.3 is 6.18 Å². The Kier molecular flexibility index (Phi) is 2.56. The van der Waals surface area contributed by atoms with Crippen molar-refractivity contribution in [1.82, 2.24) is 8.75 Å². The molecule has 0 saturated carbocycles. The molecule has 2 rings (SSSR count). The minimum Gasteiger partial charge on any atom is -0.173 e. The number of halogens is 4. The molecule has 0 bridgehead atoms. The molecule has 0 aliphatic carbocycles. The summed E-state index contributed by atoms with van der Waals surface area (Å²) in [6.45, 7) is 0. The lowest BCUT2D eigenvalue weighted by Gasteiger charge is -2.07. The maximum absolute atomic E-state index is 12.6. The van der Waals surface area contributed by atoms with E-state index in [1.165, 1.54) is 6.07 Å². The first-order chi connectivity index (χ1) is 7.02. The normalized spacial score (nSPS) is 12.3. The fourth-order valence-corrected chi connectivity index (χ4v) is 1.94. The summed E-state index contributed by atoms with van der Waals surface area (Å²) in [4.78, 5) is 0. The van der Waals surface area contributed by atoms with Gasteiger partial charge in [-0.2, -0.15) is 21.9 Å². The number of rotatable bonds is 1. The van der Waals surface area contributed by atoms with Gasteiger partial charge < -0.3 is 0 Å². The molecule has 15 heavy (non-hydrogen) atoms. The molecule has 1 aromatic carbocycles. The van der Waals surface area contributed by atoms with Crippen molar-refractivity contribution < 1.29 is 13.2 Å². The van der Waals surface area contributed by atoms with Crippen molar-refractivity contribution >= 4 is 34.4 Å². The standard InChI is InChI=1S/C8H4ClF3N2S/c9-3-4-1-5(8(10,11)12)7-6(2-4)13-15-14-7/h1-2H,3H2. The molecule has 2 aromatic rings. The van der Waals surface area contributed by atoms with Gasteiger partial charge in [-0.05, 0) is 17.7 Å². The summed E-state index contributed by atoms with van der Waals surface area (Å²) in [5, 5.41) is 0. The summed E-state index contributed by atoms with van der Waals surface area (Å²) in [5.74, 6) is 0.0244. The predicted octanol–water partition coefficient (Wildman–Crippen LogP) is 3.45. The van der Waals surface area contributed by atoms with Gasteiger partial charge in [-0.1, -0.05) is 0 Å².